The molecule has 8 heteroatoms. The lowest BCUT2D eigenvalue weighted by Gasteiger charge is -2.39. The highest BCUT2D eigenvalue weighted by atomic mass is 16.5. The summed E-state index contributed by atoms with van der Waals surface area (Å²) in [6.45, 7) is 12.9. The number of amides is 3. The first-order valence-electron chi connectivity index (χ1n) is 16.7. The van der Waals surface area contributed by atoms with Crippen LogP contribution in [-0.2, 0) is 19.1 Å². The molecule has 2 bridgehead atoms. The number of nitrogens with zero attached hydrogens (tertiary/aromatic N) is 2. The molecular formula is C35H50N4O4. The summed E-state index contributed by atoms with van der Waals surface area (Å²) < 4.78 is 6.60. The van der Waals surface area contributed by atoms with E-state index in [4.69, 9.17) is 4.74 Å². The number of hydrogen-bond acceptors (Lipinski definition) is 5. The van der Waals surface area contributed by atoms with Gasteiger partial charge in [-0.25, -0.2) is 0 Å². The van der Waals surface area contributed by atoms with Gasteiger partial charge in [0.15, 0.2) is 0 Å². The molecule has 1 aromatic carbocycles. The highest BCUT2D eigenvalue weighted by molar-refractivity contribution is 6.02. The van der Waals surface area contributed by atoms with Gasteiger partial charge in [-0.2, -0.15) is 0 Å². The van der Waals surface area contributed by atoms with Crippen molar-refractivity contribution in [3.63, 3.8) is 0 Å². The maximum Gasteiger partial charge on any atom is 0.246 e. The maximum atomic E-state index is 14.4. The Hall–Kier alpha value is -2.71. The first-order valence-corrected chi connectivity index (χ1v) is 16.7. The van der Waals surface area contributed by atoms with Gasteiger partial charge in [0, 0.05) is 30.9 Å². The summed E-state index contributed by atoms with van der Waals surface area (Å²) in [4.78, 5) is 46.9. The van der Waals surface area contributed by atoms with Gasteiger partial charge in [-0.1, -0.05) is 58.3 Å². The van der Waals surface area contributed by atoms with Crippen molar-refractivity contribution in [2.24, 2.45) is 23.7 Å². The van der Waals surface area contributed by atoms with Gasteiger partial charge in [-0.15, -0.1) is 0 Å². The first-order chi connectivity index (χ1) is 20.6. The largest absolute Gasteiger partial charge is 0.359 e. The van der Waals surface area contributed by atoms with Crippen LogP contribution in [0.25, 0.3) is 0 Å². The van der Waals surface area contributed by atoms with Gasteiger partial charge >= 0.3 is 0 Å². The minimum atomic E-state index is -1.13. The third kappa shape index (κ3) is 5.43. The molecule has 5 aliphatic rings. The highest BCUT2D eigenvalue weighted by Gasteiger charge is 2.72. The molecule has 0 aromatic heterocycles. The summed E-state index contributed by atoms with van der Waals surface area (Å²) in [6, 6.07) is 5.73. The molecule has 4 heterocycles. The van der Waals surface area contributed by atoms with Gasteiger partial charge < -0.3 is 20.3 Å². The molecule has 9 unspecified atom stereocenters. The second-order valence-corrected chi connectivity index (χ2v) is 14.1. The molecule has 8 nitrogen and oxygen atoms in total. The predicted molar refractivity (Wildman–Crippen MR) is 167 cm³/mol. The van der Waals surface area contributed by atoms with Crippen LogP contribution in [0.15, 0.2) is 30.4 Å². The molecule has 6 rings (SSSR count). The lowest BCUT2D eigenvalue weighted by Crippen LogP contribution is -2.58. The smallest absolute Gasteiger partial charge is 0.246 e. The number of hydrogen-bond donors (Lipinski definition) is 2. The van der Waals surface area contributed by atoms with Crippen molar-refractivity contribution in [1.82, 2.24) is 15.1 Å². The Morgan fingerprint density at radius 3 is 2.51 bits per heavy atom. The number of aryl methyl sites for hydroxylation is 2. The molecule has 0 radical (unpaired) electrons. The van der Waals surface area contributed by atoms with Gasteiger partial charge in [0.2, 0.25) is 17.7 Å². The fourth-order valence-electron chi connectivity index (χ4n) is 8.88. The van der Waals surface area contributed by atoms with Crippen molar-refractivity contribution in [3.05, 3.63) is 41.5 Å². The quantitative estimate of drug-likeness (QED) is 0.432. The minimum absolute atomic E-state index is 0.0708. The Morgan fingerprint density at radius 1 is 1.00 bits per heavy atom. The van der Waals surface area contributed by atoms with E-state index in [0.29, 0.717) is 24.4 Å². The molecule has 1 aliphatic carbocycles. The fourth-order valence-corrected chi connectivity index (χ4v) is 8.88. The Morgan fingerprint density at radius 2 is 1.77 bits per heavy atom. The van der Waals surface area contributed by atoms with Crippen LogP contribution in [0.3, 0.4) is 0 Å². The summed E-state index contributed by atoms with van der Waals surface area (Å²) in [5, 5.41) is 6.46. The lowest BCUT2D eigenvalue weighted by molar-refractivity contribution is -0.142. The number of nitrogens with one attached hydrogen (secondary N) is 2. The average Bonchev–Trinajstić information content (AvgIpc) is 3.61. The van der Waals surface area contributed by atoms with Crippen LogP contribution >= 0.6 is 0 Å². The summed E-state index contributed by atoms with van der Waals surface area (Å²) in [7, 11) is 0. The monoisotopic (exact) mass is 590 g/mol. The molecule has 3 amide bonds. The first kappa shape index (κ1) is 30.3. The number of anilines is 1. The Bertz CT molecular complexity index is 1260. The van der Waals surface area contributed by atoms with Crippen LogP contribution < -0.4 is 10.6 Å². The molecule has 1 aromatic rings. The zero-order valence-electron chi connectivity index (χ0n) is 26.6. The number of rotatable bonds is 8. The number of carbonyl (C=O) groups is 3. The third-order valence-corrected chi connectivity index (χ3v) is 11.3. The number of likely N-dealkylation sites (tertiary alicyclic amines) is 2. The normalized spacial score (nSPS) is 37.0. The molecular weight excluding hydrogens is 540 g/mol. The van der Waals surface area contributed by atoms with Crippen molar-refractivity contribution in [2.45, 2.75) is 109 Å². The summed E-state index contributed by atoms with van der Waals surface area (Å²) in [5.41, 5.74) is 1.71. The standard InChI is InChI=1S/C35H50N4O4/c1-6-26-11-7-8-15-38(26)16-17-39-31(33(41)37-27-12-9-10-23(4)24(27)5)35-14-13-28(43-35)29(30(35)34(39)42)32(40)36-25-19-21(2)18-22(3)20-25/h13-14,18-20,23-24,26-31H,6-12,15-17H2,1-5H3,(H,36,40)(H,37,41). The zero-order valence-corrected chi connectivity index (χ0v) is 26.6. The fraction of sp³-hybridized carbons (Fsp3) is 0.686. The van der Waals surface area contributed by atoms with Crippen molar-refractivity contribution in [2.75, 3.05) is 25.0 Å². The number of carbonyl (C=O) groups excluding carboxylic acids is 3. The van der Waals surface area contributed by atoms with E-state index in [1.807, 2.05) is 38.1 Å². The molecule has 1 spiro atoms. The molecule has 43 heavy (non-hydrogen) atoms. The van der Waals surface area contributed by atoms with Crippen LogP contribution in [0, 0.1) is 37.5 Å². The molecule has 2 N–H and O–H groups in total. The van der Waals surface area contributed by atoms with Crippen LogP contribution in [0.1, 0.15) is 76.8 Å². The molecule has 3 saturated heterocycles. The van der Waals surface area contributed by atoms with Crippen LogP contribution in [0.2, 0.25) is 0 Å². The van der Waals surface area contributed by atoms with Gasteiger partial charge in [0.1, 0.15) is 11.6 Å². The van der Waals surface area contributed by atoms with Crippen molar-refractivity contribution in [3.8, 4) is 0 Å². The van der Waals surface area contributed by atoms with Crippen LogP contribution in [0.4, 0.5) is 5.69 Å². The van der Waals surface area contributed by atoms with Gasteiger partial charge in [-0.05, 0) is 81.2 Å². The Balaban J connectivity index is 1.28. The molecule has 234 valence electrons. The number of benzene rings is 1. The molecule has 4 fully saturated rings. The number of ether oxygens (including phenoxy) is 1. The van der Waals surface area contributed by atoms with E-state index < -0.39 is 29.6 Å². The molecule has 4 aliphatic heterocycles. The zero-order chi connectivity index (χ0) is 30.5. The van der Waals surface area contributed by atoms with Gasteiger partial charge in [-0.3, -0.25) is 19.3 Å². The highest BCUT2D eigenvalue weighted by Crippen LogP contribution is 2.55. The molecule has 9 atom stereocenters. The van der Waals surface area contributed by atoms with Crippen molar-refractivity contribution < 1.29 is 19.1 Å². The van der Waals surface area contributed by atoms with Gasteiger partial charge in [0.25, 0.3) is 0 Å². The van der Waals surface area contributed by atoms with Crippen LogP contribution in [0.5, 0.6) is 0 Å². The number of piperidine rings is 1. The van der Waals surface area contributed by atoms with E-state index >= 15 is 0 Å². The topological polar surface area (TPSA) is 91.0 Å². The minimum Gasteiger partial charge on any atom is -0.359 e. The lowest BCUT2D eigenvalue weighted by atomic mass is 9.73. The van der Waals surface area contributed by atoms with E-state index in [-0.39, 0.29) is 23.8 Å². The predicted octanol–water partition coefficient (Wildman–Crippen LogP) is 4.60. The average molecular weight is 591 g/mol. The summed E-state index contributed by atoms with van der Waals surface area (Å²) in [5.74, 6) is -1.02. The van der Waals surface area contributed by atoms with E-state index in [1.165, 1.54) is 19.3 Å². The van der Waals surface area contributed by atoms with E-state index in [1.54, 1.807) is 4.90 Å². The number of fused-ring (bicyclic) bond motifs is 1. The van der Waals surface area contributed by atoms with Crippen molar-refractivity contribution in [1.29, 1.82) is 0 Å². The summed E-state index contributed by atoms with van der Waals surface area (Å²) >= 11 is 0. The van der Waals surface area contributed by atoms with Crippen molar-refractivity contribution >= 4 is 23.4 Å². The SMILES string of the molecule is CCC1CCCCN1CCN1C(=O)C2C(C(=O)Nc3cc(C)cc(C)c3)C3C=CC2(O3)C1C(=O)NC1CCCC(C)C1C. The van der Waals surface area contributed by atoms with E-state index in [0.717, 1.165) is 55.6 Å². The Kier molecular flexibility index (Phi) is 8.46. The third-order valence-electron chi connectivity index (χ3n) is 11.3. The second kappa shape index (κ2) is 12.0. The summed E-state index contributed by atoms with van der Waals surface area (Å²) in [6.07, 6.45) is 11.2. The maximum absolute atomic E-state index is 14.4. The van der Waals surface area contributed by atoms with Crippen LogP contribution in [-0.4, -0.2) is 77.0 Å². The van der Waals surface area contributed by atoms with E-state index in [9.17, 15) is 14.4 Å². The van der Waals surface area contributed by atoms with Gasteiger partial charge in [0.05, 0.1) is 17.9 Å². The second-order valence-electron chi connectivity index (χ2n) is 14.1. The molecule has 1 saturated carbocycles. The Labute approximate surface area is 257 Å². The van der Waals surface area contributed by atoms with E-state index in [2.05, 4.69) is 42.4 Å².